The number of nitrogens with one attached hydrogen (secondary N) is 1. The van der Waals surface area contributed by atoms with E-state index in [-0.39, 0.29) is 18.9 Å². The maximum Gasteiger partial charge on any atom is 0.410 e. The van der Waals surface area contributed by atoms with Crippen LogP contribution in [0.25, 0.3) is 0 Å². The van der Waals surface area contributed by atoms with Crippen molar-refractivity contribution < 1.29 is 27.5 Å². The number of hydrogen-bond donors (Lipinski definition) is 1. The first-order valence-electron chi connectivity index (χ1n) is 5.30. The van der Waals surface area contributed by atoms with Gasteiger partial charge in [0.2, 0.25) is 0 Å². The highest BCUT2D eigenvalue weighted by molar-refractivity contribution is 7.90. The Labute approximate surface area is 107 Å². The summed E-state index contributed by atoms with van der Waals surface area (Å²) >= 11 is 0. The normalized spacial score (nSPS) is 11.8. The second-order valence-corrected chi connectivity index (χ2v) is 6.98. The van der Waals surface area contributed by atoms with Gasteiger partial charge in [-0.1, -0.05) is 0 Å². The molecule has 7 nitrogen and oxygen atoms in total. The van der Waals surface area contributed by atoms with E-state index in [1.165, 1.54) is 0 Å². The summed E-state index contributed by atoms with van der Waals surface area (Å²) in [4.78, 5) is 22.2. The van der Waals surface area contributed by atoms with Crippen LogP contribution >= 0.6 is 0 Å². The largest absolute Gasteiger partial charge is 0.444 e. The van der Waals surface area contributed by atoms with E-state index in [1.54, 1.807) is 20.8 Å². The lowest BCUT2D eigenvalue weighted by Crippen LogP contribution is -2.34. The number of carbonyl (C=O) groups is 2. The molecule has 0 saturated heterocycles. The summed E-state index contributed by atoms with van der Waals surface area (Å²) in [6.45, 7) is 4.75. The van der Waals surface area contributed by atoms with Crippen LogP contribution in [0.15, 0.2) is 0 Å². The van der Waals surface area contributed by atoms with Crippen LogP contribution in [0, 0.1) is 0 Å². The summed E-state index contributed by atoms with van der Waals surface area (Å²) in [5, 5.41) is 2.21. The smallest absolute Gasteiger partial charge is 0.410 e. The molecule has 0 rings (SSSR count). The molecule has 1 amide bonds. The van der Waals surface area contributed by atoms with Gasteiger partial charge in [-0.3, -0.25) is 10.1 Å². The average Bonchev–Trinajstić information content (AvgIpc) is 2.10. The molecule has 0 aromatic rings. The van der Waals surface area contributed by atoms with Gasteiger partial charge < -0.3 is 9.47 Å². The molecule has 0 atom stereocenters. The monoisotopic (exact) mass is 281 g/mol. The van der Waals surface area contributed by atoms with E-state index in [4.69, 9.17) is 4.74 Å². The van der Waals surface area contributed by atoms with Gasteiger partial charge in [0.05, 0.1) is 12.2 Å². The molecule has 0 radical (unpaired) electrons. The van der Waals surface area contributed by atoms with E-state index in [9.17, 15) is 18.0 Å². The lowest BCUT2D eigenvalue weighted by Gasteiger charge is -2.19. The fourth-order valence-electron chi connectivity index (χ4n) is 0.831. The average molecular weight is 281 g/mol. The molecule has 8 heteroatoms. The molecule has 18 heavy (non-hydrogen) atoms. The Bertz CT molecular complexity index is 395. The summed E-state index contributed by atoms with van der Waals surface area (Å²) < 4.78 is 31.1. The van der Waals surface area contributed by atoms with Gasteiger partial charge in [-0.15, -0.1) is 0 Å². The van der Waals surface area contributed by atoms with Crippen molar-refractivity contribution in [3.63, 3.8) is 0 Å². The zero-order valence-corrected chi connectivity index (χ0v) is 11.8. The fraction of sp³-hybridized carbons (Fsp3) is 0.800. The van der Waals surface area contributed by atoms with Gasteiger partial charge in [0, 0.05) is 6.26 Å². The van der Waals surface area contributed by atoms with E-state index in [0.29, 0.717) is 0 Å². The second-order valence-electron chi connectivity index (χ2n) is 4.72. The van der Waals surface area contributed by atoms with Crippen LogP contribution in [0.1, 0.15) is 27.2 Å². The first-order valence-corrected chi connectivity index (χ1v) is 7.36. The number of carbonyl (C=O) groups excluding carboxylic acids is 2. The lowest BCUT2D eigenvalue weighted by molar-refractivity contribution is -0.143. The van der Waals surface area contributed by atoms with Crippen LogP contribution in [0.5, 0.6) is 0 Å². The van der Waals surface area contributed by atoms with Crippen molar-refractivity contribution in [1.29, 1.82) is 0 Å². The molecule has 106 valence electrons. The van der Waals surface area contributed by atoms with Crippen molar-refractivity contribution in [2.24, 2.45) is 0 Å². The SMILES string of the molecule is CC(C)(C)OC(=O)NCOC(=O)CCS(C)(=O)=O. The van der Waals surface area contributed by atoms with Crippen LogP contribution < -0.4 is 5.32 Å². The van der Waals surface area contributed by atoms with Crippen LogP contribution in [-0.4, -0.2) is 44.8 Å². The molecular weight excluding hydrogens is 262 g/mol. The molecule has 0 spiro atoms. The van der Waals surface area contributed by atoms with Gasteiger partial charge in [-0.05, 0) is 20.8 Å². The van der Waals surface area contributed by atoms with Gasteiger partial charge in [-0.25, -0.2) is 13.2 Å². The van der Waals surface area contributed by atoms with E-state index >= 15 is 0 Å². The quantitative estimate of drug-likeness (QED) is 0.580. The van der Waals surface area contributed by atoms with Crippen molar-refractivity contribution in [3.05, 3.63) is 0 Å². The number of amides is 1. The lowest BCUT2D eigenvalue weighted by atomic mass is 10.2. The molecule has 0 aliphatic rings. The minimum Gasteiger partial charge on any atom is -0.444 e. The van der Waals surface area contributed by atoms with Crippen LogP contribution in [0.4, 0.5) is 4.79 Å². The van der Waals surface area contributed by atoms with E-state index in [2.05, 4.69) is 10.1 Å². The van der Waals surface area contributed by atoms with Gasteiger partial charge in [0.1, 0.15) is 15.4 Å². The predicted molar refractivity (Wildman–Crippen MR) is 64.7 cm³/mol. The fourth-order valence-corrected chi connectivity index (χ4v) is 1.37. The Morgan fingerprint density at radius 2 is 1.78 bits per heavy atom. The highest BCUT2D eigenvalue weighted by Crippen LogP contribution is 2.06. The summed E-state index contributed by atoms with van der Waals surface area (Å²) in [5.74, 6) is -0.977. The zero-order chi connectivity index (χ0) is 14.4. The number of ether oxygens (including phenoxy) is 2. The maximum atomic E-state index is 11.1. The molecule has 0 bridgehead atoms. The number of esters is 1. The van der Waals surface area contributed by atoms with Crippen LogP contribution in [0.2, 0.25) is 0 Å². The van der Waals surface area contributed by atoms with Crippen LogP contribution in [-0.2, 0) is 24.1 Å². The number of sulfone groups is 1. The van der Waals surface area contributed by atoms with Gasteiger partial charge in [0.15, 0.2) is 6.73 Å². The molecule has 0 aliphatic heterocycles. The third-order valence-electron chi connectivity index (χ3n) is 1.53. The van der Waals surface area contributed by atoms with Crippen molar-refractivity contribution in [2.75, 3.05) is 18.7 Å². The summed E-state index contributed by atoms with van der Waals surface area (Å²) in [6, 6.07) is 0. The molecule has 0 aromatic heterocycles. The third-order valence-corrected chi connectivity index (χ3v) is 2.47. The predicted octanol–water partition coefficient (Wildman–Crippen LogP) is 0.447. The Morgan fingerprint density at radius 1 is 1.22 bits per heavy atom. The zero-order valence-electron chi connectivity index (χ0n) is 11.0. The molecule has 0 fully saturated rings. The van der Waals surface area contributed by atoms with Crippen molar-refractivity contribution in [3.8, 4) is 0 Å². The Morgan fingerprint density at radius 3 is 2.22 bits per heavy atom. The van der Waals surface area contributed by atoms with Gasteiger partial charge in [-0.2, -0.15) is 0 Å². The Hall–Kier alpha value is -1.31. The number of rotatable bonds is 5. The Kier molecular flexibility index (Phi) is 6.10. The second kappa shape index (κ2) is 6.58. The van der Waals surface area contributed by atoms with Crippen molar-refractivity contribution in [1.82, 2.24) is 5.32 Å². The standard InChI is InChI=1S/C10H19NO6S/c1-10(2,3)17-9(13)11-7-16-8(12)5-6-18(4,14)15/h5-7H2,1-4H3,(H,11,13). The third kappa shape index (κ3) is 11.2. The van der Waals surface area contributed by atoms with E-state index in [0.717, 1.165) is 6.26 Å². The maximum absolute atomic E-state index is 11.1. The number of hydrogen-bond acceptors (Lipinski definition) is 6. The van der Waals surface area contributed by atoms with E-state index in [1.807, 2.05) is 0 Å². The topological polar surface area (TPSA) is 98.8 Å². The molecule has 0 aliphatic carbocycles. The molecule has 0 aromatic carbocycles. The molecular formula is C10H19NO6S. The molecule has 0 saturated carbocycles. The molecule has 1 N–H and O–H groups in total. The van der Waals surface area contributed by atoms with Crippen LogP contribution in [0.3, 0.4) is 0 Å². The molecule has 0 unspecified atom stereocenters. The van der Waals surface area contributed by atoms with Crippen molar-refractivity contribution in [2.45, 2.75) is 32.8 Å². The van der Waals surface area contributed by atoms with E-state index < -0.39 is 27.5 Å². The molecule has 0 heterocycles. The highest BCUT2D eigenvalue weighted by atomic mass is 32.2. The van der Waals surface area contributed by atoms with Gasteiger partial charge in [0.25, 0.3) is 0 Å². The summed E-state index contributed by atoms with van der Waals surface area (Å²) in [6.07, 6.45) is 0.0760. The highest BCUT2D eigenvalue weighted by Gasteiger charge is 2.16. The van der Waals surface area contributed by atoms with Crippen molar-refractivity contribution >= 4 is 21.9 Å². The first-order chi connectivity index (χ1) is 7.99. The van der Waals surface area contributed by atoms with Gasteiger partial charge >= 0.3 is 12.1 Å². The summed E-state index contributed by atoms with van der Waals surface area (Å²) in [7, 11) is -3.20. The Balaban J connectivity index is 3.79. The minimum absolute atomic E-state index is 0.241. The summed E-state index contributed by atoms with van der Waals surface area (Å²) in [5.41, 5.74) is -0.635. The number of alkyl carbamates (subject to hydrolysis) is 1. The minimum atomic E-state index is -3.20. The first kappa shape index (κ1) is 16.7.